The first-order valence-electron chi connectivity index (χ1n) is 13.0. The van der Waals surface area contributed by atoms with Crippen molar-refractivity contribution in [1.82, 2.24) is 34.1 Å². The van der Waals surface area contributed by atoms with Crippen LogP contribution in [0.5, 0.6) is 0 Å². The highest BCUT2D eigenvalue weighted by atomic mass is 32.5. The zero-order valence-electron chi connectivity index (χ0n) is 22.5. The van der Waals surface area contributed by atoms with Crippen LogP contribution in [0.1, 0.15) is 6.23 Å². The van der Waals surface area contributed by atoms with Crippen molar-refractivity contribution in [2.75, 3.05) is 31.3 Å². The number of fused-ring (bicyclic) bond motifs is 5. The summed E-state index contributed by atoms with van der Waals surface area (Å²) in [7, 11) is 0. The molecule has 0 spiro atoms. The third-order valence-corrected chi connectivity index (χ3v) is 10.6. The average Bonchev–Trinajstić information content (AvgIpc) is 3.73. The van der Waals surface area contributed by atoms with E-state index in [0.717, 1.165) is 10.9 Å². The van der Waals surface area contributed by atoms with Crippen molar-refractivity contribution < 1.29 is 46.1 Å². The molecular formula is C21H23F2N9O9P2S2. The average molecular weight is 710 g/mol. The van der Waals surface area contributed by atoms with Gasteiger partial charge >= 0.3 is 13.4 Å². The number of anilines is 2. The normalized spacial score (nSPS) is 37.7. The van der Waals surface area contributed by atoms with Gasteiger partial charge in [0.2, 0.25) is 11.7 Å². The molecule has 2 unspecified atom stereocenters. The van der Waals surface area contributed by atoms with Gasteiger partial charge in [0, 0.05) is 6.20 Å². The van der Waals surface area contributed by atoms with Crippen LogP contribution in [0.4, 0.5) is 20.5 Å². The molecular weight excluding hydrogens is 686 g/mol. The van der Waals surface area contributed by atoms with Gasteiger partial charge in [0.05, 0.1) is 31.5 Å². The third kappa shape index (κ3) is 5.28. The molecule has 7 heterocycles. The van der Waals surface area contributed by atoms with Crippen molar-refractivity contribution in [2.45, 2.75) is 42.6 Å². The molecule has 3 aliphatic rings. The maximum absolute atomic E-state index is 16.4. The molecule has 0 amide bonds. The zero-order valence-corrected chi connectivity index (χ0v) is 25.9. The summed E-state index contributed by atoms with van der Waals surface area (Å²) in [5.74, 6) is -0.163. The number of hydrogen-bond acceptors (Lipinski definition) is 15. The minimum absolute atomic E-state index is 0.150. The monoisotopic (exact) mass is 709 g/mol. The van der Waals surface area contributed by atoms with Crippen LogP contribution >= 0.6 is 13.4 Å². The quantitative estimate of drug-likeness (QED) is 0.175. The van der Waals surface area contributed by atoms with Crippen molar-refractivity contribution in [2.24, 2.45) is 0 Å². The van der Waals surface area contributed by atoms with E-state index in [1.54, 1.807) is 6.07 Å². The second kappa shape index (κ2) is 11.0. The number of ether oxygens (including phenoxy) is 2. The Labute approximate surface area is 260 Å². The van der Waals surface area contributed by atoms with Crippen LogP contribution in [0, 0.1) is 0 Å². The molecule has 0 saturated carbocycles. The smallest absolute Gasteiger partial charge is 0.326 e. The van der Waals surface area contributed by atoms with Gasteiger partial charge in [0.15, 0.2) is 29.7 Å². The molecule has 4 aromatic heterocycles. The fourth-order valence-corrected chi connectivity index (χ4v) is 8.50. The first-order chi connectivity index (χ1) is 21.3. The van der Waals surface area contributed by atoms with Crippen molar-refractivity contribution in [3.05, 3.63) is 35.3 Å². The van der Waals surface area contributed by atoms with E-state index in [1.807, 2.05) is 0 Å². The van der Waals surface area contributed by atoms with Crippen LogP contribution in [0.3, 0.4) is 0 Å². The lowest BCUT2D eigenvalue weighted by molar-refractivity contribution is -0.0761. The Bertz CT molecular complexity index is 1970. The predicted molar refractivity (Wildman–Crippen MR) is 157 cm³/mol. The number of aromatic nitrogens is 7. The minimum atomic E-state index is -4.47. The van der Waals surface area contributed by atoms with Crippen LogP contribution < -0.4 is 17.0 Å². The lowest BCUT2D eigenvalue weighted by Crippen LogP contribution is -2.46. The Hall–Kier alpha value is -2.59. The van der Waals surface area contributed by atoms with Gasteiger partial charge in [-0.05, 0) is 29.7 Å². The Morgan fingerprint density at radius 1 is 1.09 bits per heavy atom. The molecule has 2 bridgehead atoms. The minimum Gasteiger partial charge on any atom is -0.383 e. The number of nitrogens with one attached hydrogen (secondary N) is 1. The predicted octanol–water partition coefficient (Wildman–Crippen LogP) is 0.236. The summed E-state index contributed by atoms with van der Waals surface area (Å²) in [6, 6.07) is 1.56. The first kappa shape index (κ1) is 31.0. The van der Waals surface area contributed by atoms with Crippen LogP contribution in [0.25, 0.3) is 22.2 Å². The van der Waals surface area contributed by atoms with Crippen LogP contribution in [-0.4, -0.2) is 94.3 Å². The van der Waals surface area contributed by atoms with Crippen molar-refractivity contribution >= 4 is 71.0 Å². The number of hydrogen-bond donors (Lipinski definition) is 5. The number of H-pyrrole nitrogens is 1. The first-order valence-corrected chi connectivity index (χ1v) is 18.2. The second-order valence-electron chi connectivity index (χ2n) is 10.3. The molecule has 45 heavy (non-hydrogen) atoms. The second-order valence-corrected chi connectivity index (χ2v) is 15.8. The highest BCUT2D eigenvalue weighted by Crippen LogP contribution is 2.56. The molecule has 242 valence electrons. The lowest BCUT2D eigenvalue weighted by Gasteiger charge is -2.34. The number of rotatable bonds is 2. The summed E-state index contributed by atoms with van der Waals surface area (Å²) in [6.45, 7) is -10.8. The van der Waals surface area contributed by atoms with Gasteiger partial charge in [-0.15, -0.1) is 0 Å². The molecule has 0 aromatic carbocycles. The van der Waals surface area contributed by atoms with Crippen molar-refractivity contribution in [1.29, 1.82) is 0 Å². The van der Waals surface area contributed by atoms with Gasteiger partial charge in [-0.25, -0.2) is 23.7 Å². The molecule has 24 heteroatoms. The number of nitrogens with two attached hydrogens (primary N) is 2. The highest BCUT2D eigenvalue weighted by Gasteiger charge is 2.58. The SMILES string of the molecule is Nc1nc2c(ncn2[C@@]23CO[C@H](COP(O)(=S)O[C@H]4[C@H](F)[C@H](n5ccc6c(N)ncnc65)O[C@@H]4COP(O)(=S)O2)[C@H]3F)c(=O)[nH]1. The van der Waals surface area contributed by atoms with E-state index in [-0.39, 0.29) is 28.6 Å². The molecule has 4 aromatic rings. The van der Waals surface area contributed by atoms with E-state index in [2.05, 4.69) is 24.9 Å². The molecule has 3 fully saturated rings. The molecule has 3 saturated heterocycles. The number of nitrogen functional groups attached to an aromatic ring is 2. The highest BCUT2D eigenvalue weighted by molar-refractivity contribution is 8.07. The summed E-state index contributed by atoms with van der Waals surface area (Å²) < 4.78 is 68.6. The van der Waals surface area contributed by atoms with Gasteiger partial charge in [-0.1, -0.05) is 0 Å². The van der Waals surface area contributed by atoms with Gasteiger partial charge in [0.1, 0.15) is 36.1 Å². The van der Waals surface area contributed by atoms with Gasteiger partial charge in [0.25, 0.3) is 5.56 Å². The van der Waals surface area contributed by atoms with E-state index in [1.165, 1.54) is 17.1 Å². The molecule has 3 aliphatic heterocycles. The molecule has 7 rings (SSSR count). The molecule has 7 N–H and O–H groups in total. The fourth-order valence-electron chi connectivity index (χ4n) is 5.46. The van der Waals surface area contributed by atoms with Gasteiger partial charge in [-0.3, -0.25) is 23.4 Å². The van der Waals surface area contributed by atoms with E-state index in [9.17, 15) is 14.6 Å². The summed E-state index contributed by atoms with van der Waals surface area (Å²) in [4.78, 5) is 52.9. The largest absolute Gasteiger partial charge is 0.383 e. The van der Waals surface area contributed by atoms with Crippen LogP contribution in [0.2, 0.25) is 0 Å². The Balaban J connectivity index is 1.26. The van der Waals surface area contributed by atoms with Crippen molar-refractivity contribution in [3.8, 4) is 0 Å². The zero-order chi connectivity index (χ0) is 31.9. The number of alkyl halides is 2. The van der Waals surface area contributed by atoms with E-state index in [4.69, 9.17) is 62.6 Å². The molecule has 0 aliphatic carbocycles. The van der Waals surface area contributed by atoms with Crippen LogP contribution in [-0.2, 0) is 56.9 Å². The fraction of sp³-hybridized carbons (Fsp3) is 0.476. The standard InChI is InChI=1S/C21H23F2N9O9P2S2/c22-11-13-9(39-19(11)31-2-1-8-15(24)26-6-27-16(8)31)3-38-43(35,45)41-21(5-36-10(14(21)23)4-37-42(34,44)40-13)32-7-28-12-17(32)29-20(25)30-18(12)33/h1-2,6-7,9-11,13-14,19H,3-5H2,(H,34,44)(H,35,45)(H2,24,26,27)(H3,25,29,30,33)/t9-,10-,11+,13-,14-,19-,21+,42?,43?/m1/s1. The Morgan fingerprint density at radius 2 is 1.84 bits per heavy atom. The number of halogens is 2. The van der Waals surface area contributed by atoms with Gasteiger partial charge in [-0.2, -0.15) is 4.98 Å². The summed E-state index contributed by atoms with van der Waals surface area (Å²) >= 11 is 10.4. The number of nitrogens with zero attached hydrogens (tertiary/aromatic N) is 6. The molecule has 9 atom stereocenters. The molecule has 0 radical (unpaired) electrons. The topological polar surface area (TPSA) is 242 Å². The van der Waals surface area contributed by atoms with Crippen LogP contribution in [0.15, 0.2) is 29.7 Å². The lowest BCUT2D eigenvalue weighted by atomic mass is 10.1. The Morgan fingerprint density at radius 3 is 2.64 bits per heavy atom. The van der Waals surface area contributed by atoms with E-state index in [0.29, 0.717) is 5.39 Å². The Kier molecular flexibility index (Phi) is 7.58. The maximum Gasteiger partial charge on any atom is 0.326 e. The summed E-state index contributed by atoms with van der Waals surface area (Å²) in [6.07, 6.45) is -6.41. The van der Waals surface area contributed by atoms with E-state index < -0.39 is 81.4 Å². The van der Waals surface area contributed by atoms with E-state index >= 15 is 8.78 Å². The summed E-state index contributed by atoms with van der Waals surface area (Å²) in [5, 5.41) is 0.425. The van der Waals surface area contributed by atoms with Gasteiger partial charge < -0.3 is 44.3 Å². The molecule has 18 nitrogen and oxygen atoms in total. The maximum atomic E-state index is 16.4. The number of imidazole rings is 1. The third-order valence-electron chi connectivity index (χ3n) is 7.51. The summed E-state index contributed by atoms with van der Waals surface area (Å²) in [5.41, 5.74) is 8.36. The van der Waals surface area contributed by atoms with Crippen molar-refractivity contribution in [3.63, 3.8) is 0 Å². The number of aromatic amines is 1.